The van der Waals surface area contributed by atoms with Gasteiger partial charge in [0, 0.05) is 12.1 Å². The predicted octanol–water partition coefficient (Wildman–Crippen LogP) is -1.27. The van der Waals surface area contributed by atoms with Crippen LogP contribution in [0.1, 0.15) is 27.2 Å². The van der Waals surface area contributed by atoms with Crippen LogP contribution in [0.5, 0.6) is 0 Å². The van der Waals surface area contributed by atoms with Crippen molar-refractivity contribution >= 4 is 11.8 Å². The number of rotatable bonds is 7. The lowest BCUT2D eigenvalue weighted by molar-refractivity contribution is -0.126. The summed E-state index contributed by atoms with van der Waals surface area (Å²) in [5, 5.41) is 14.5. The third kappa shape index (κ3) is 6.36. The summed E-state index contributed by atoms with van der Waals surface area (Å²) in [5.41, 5.74) is 4.60. The molecule has 0 aromatic heterocycles. The minimum Gasteiger partial charge on any atom is -0.382 e. The lowest BCUT2D eigenvalue weighted by atomic mass is 10.0. The minimum atomic E-state index is -1.26. The Morgan fingerprint density at radius 2 is 2.00 bits per heavy atom. The van der Waals surface area contributed by atoms with E-state index in [0.717, 1.165) is 6.42 Å². The Kier molecular flexibility index (Phi) is 5.98. The van der Waals surface area contributed by atoms with Gasteiger partial charge in [-0.05, 0) is 20.3 Å². The number of carbonyl (C=O) groups is 2. The van der Waals surface area contributed by atoms with Crippen molar-refractivity contribution in [1.82, 2.24) is 10.6 Å². The van der Waals surface area contributed by atoms with E-state index in [4.69, 9.17) is 10.8 Å². The molecule has 1 unspecified atom stereocenters. The molecule has 94 valence electrons. The first-order valence-electron chi connectivity index (χ1n) is 5.27. The van der Waals surface area contributed by atoms with Crippen LogP contribution < -0.4 is 16.4 Å². The average Bonchev–Trinajstić information content (AvgIpc) is 2.16. The number of primary amides is 1. The molecule has 0 aliphatic heterocycles. The second-order valence-electron chi connectivity index (χ2n) is 4.33. The average molecular weight is 231 g/mol. The monoisotopic (exact) mass is 231 g/mol. The van der Waals surface area contributed by atoms with E-state index in [1.165, 1.54) is 0 Å². The fourth-order valence-electron chi connectivity index (χ4n) is 0.933. The molecule has 1 atom stereocenters. The summed E-state index contributed by atoms with van der Waals surface area (Å²) in [6.45, 7) is 5.85. The van der Waals surface area contributed by atoms with E-state index in [2.05, 4.69) is 10.6 Å². The topological polar surface area (TPSA) is 104 Å². The number of nitrogens with two attached hydrogens (primary N) is 1. The molecular formula is C10H21N3O3. The van der Waals surface area contributed by atoms with Gasteiger partial charge in [-0.25, -0.2) is 0 Å². The van der Waals surface area contributed by atoms with Crippen molar-refractivity contribution in [2.75, 3.05) is 13.1 Å². The van der Waals surface area contributed by atoms with Gasteiger partial charge in [0.05, 0.1) is 6.54 Å². The third-order valence-corrected chi connectivity index (χ3v) is 2.31. The van der Waals surface area contributed by atoms with Gasteiger partial charge < -0.3 is 21.5 Å². The van der Waals surface area contributed by atoms with Gasteiger partial charge in [0.2, 0.25) is 11.8 Å². The first-order chi connectivity index (χ1) is 7.28. The molecule has 0 bridgehead atoms. The number of aliphatic hydroxyl groups is 1. The highest BCUT2D eigenvalue weighted by atomic mass is 16.3. The van der Waals surface area contributed by atoms with E-state index in [1.807, 2.05) is 20.8 Å². The summed E-state index contributed by atoms with van der Waals surface area (Å²) in [6, 6.07) is 0. The number of hydrogen-bond acceptors (Lipinski definition) is 4. The van der Waals surface area contributed by atoms with Gasteiger partial charge >= 0.3 is 0 Å². The Morgan fingerprint density at radius 1 is 1.44 bits per heavy atom. The van der Waals surface area contributed by atoms with Crippen molar-refractivity contribution in [3.63, 3.8) is 0 Å². The van der Waals surface area contributed by atoms with Crippen molar-refractivity contribution in [3.8, 4) is 0 Å². The summed E-state index contributed by atoms with van der Waals surface area (Å²) in [7, 11) is 0. The molecule has 5 N–H and O–H groups in total. The van der Waals surface area contributed by atoms with Gasteiger partial charge in [-0.3, -0.25) is 9.59 Å². The molecule has 0 spiro atoms. The van der Waals surface area contributed by atoms with Crippen LogP contribution in [0.2, 0.25) is 0 Å². The van der Waals surface area contributed by atoms with Crippen molar-refractivity contribution in [2.45, 2.75) is 38.8 Å². The van der Waals surface area contributed by atoms with E-state index < -0.39 is 12.0 Å². The first-order valence-corrected chi connectivity index (χ1v) is 5.27. The third-order valence-electron chi connectivity index (χ3n) is 2.31. The standard InChI is InChI=1S/C10H21N3O3/c1-4-10(2,3)13-8(15)6-12-5-7(14)9(11)16/h7,12,14H,4-6H2,1-3H3,(H2,11,16)(H,13,15). The number of hydrogen-bond donors (Lipinski definition) is 4. The second kappa shape index (κ2) is 6.44. The summed E-state index contributed by atoms with van der Waals surface area (Å²) in [4.78, 5) is 21.9. The zero-order chi connectivity index (χ0) is 12.8. The Labute approximate surface area is 95.6 Å². The summed E-state index contributed by atoms with van der Waals surface area (Å²) in [5.74, 6) is -0.981. The van der Waals surface area contributed by atoms with Crippen LogP contribution in [0, 0.1) is 0 Å². The largest absolute Gasteiger partial charge is 0.382 e. The molecule has 0 rings (SSSR count). The van der Waals surface area contributed by atoms with Crippen LogP contribution in [0.3, 0.4) is 0 Å². The van der Waals surface area contributed by atoms with Crippen molar-refractivity contribution in [3.05, 3.63) is 0 Å². The van der Waals surface area contributed by atoms with Crippen LogP contribution in [0.25, 0.3) is 0 Å². The lowest BCUT2D eigenvalue weighted by Gasteiger charge is -2.24. The highest BCUT2D eigenvalue weighted by molar-refractivity contribution is 5.80. The van der Waals surface area contributed by atoms with Gasteiger partial charge in [0.1, 0.15) is 6.10 Å². The quantitative estimate of drug-likeness (QED) is 0.438. The maximum atomic E-state index is 11.4. The molecule has 0 radical (unpaired) electrons. The number of carbonyl (C=O) groups excluding carboxylic acids is 2. The van der Waals surface area contributed by atoms with Gasteiger partial charge in [-0.2, -0.15) is 0 Å². The molecule has 0 aromatic carbocycles. The molecule has 0 aliphatic carbocycles. The summed E-state index contributed by atoms with van der Waals surface area (Å²) in [6.07, 6.45) is -0.435. The number of aliphatic hydroxyl groups excluding tert-OH is 1. The van der Waals surface area contributed by atoms with Gasteiger partial charge in [0.25, 0.3) is 0 Å². The van der Waals surface area contributed by atoms with E-state index in [1.54, 1.807) is 0 Å². The van der Waals surface area contributed by atoms with E-state index in [-0.39, 0.29) is 24.5 Å². The Balaban J connectivity index is 3.79. The molecule has 0 aliphatic rings. The van der Waals surface area contributed by atoms with Crippen molar-refractivity contribution in [2.24, 2.45) is 5.73 Å². The normalized spacial score (nSPS) is 13.2. The minimum absolute atomic E-state index is 0.0185. The van der Waals surface area contributed by atoms with Crippen LogP contribution in [0.15, 0.2) is 0 Å². The SMILES string of the molecule is CCC(C)(C)NC(=O)CNCC(O)C(N)=O. The Bertz CT molecular complexity index is 254. The fourth-order valence-corrected chi connectivity index (χ4v) is 0.933. The summed E-state index contributed by atoms with van der Waals surface area (Å²) >= 11 is 0. The smallest absolute Gasteiger partial charge is 0.247 e. The maximum Gasteiger partial charge on any atom is 0.247 e. The van der Waals surface area contributed by atoms with Crippen molar-refractivity contribution < 1.29 is 14.7 Å². The summed E-state index contributed by atoms with van der Waals surface area (Å²) < 4.78 is 0. The predicted molar refractivity (Wildman–Crippen MR) is 60.6 cm³/mol. The lowest BCUT2D eigenvalue weighted by Crippen LogP contribution is -2.48. The van der Waals surface area contributed by atoms with E-state index in [0.29, 0.717) is 0 Å². The van der Waals surface area contributed by atoms with Gasteiger partial charge in [-0.1, -0.05) is 6.92 Å². The molecule has 0 aromatic rings. The van der Waals surface area contributed by atoms with Crippen LogP contribution >= 0.6 is 0 Å². The molecule has 0 saturated carbocycles. The molecule has 2 amide bonds. The molecule has 16 heavy (non-hydrogen) atoms. The maximum absolute atomic E-state index is 11.4. The molecular weight excluding hydrogens is 210 g/mol. The van der Waals surface area contributed by atoms with Gasteiger partial charge in [0.15, 0.2) is 0 Å². The van der Waals surface area contributed by atoms with E-state index in [9.17, 15) is 9.59 Å². The zero-order valence-electron chi connectivity index (χ0n) is 10.0. The van der Waals surface area contributed by atoms with Crippen LogP contribution in [0.4, 0.5) is 0 Å². The Morgan fingerprint density at radius 3 is 2.44 bits per heavy atom. The molecule has 6 heteroatoms. The van der Waals surface area contributed by atoms with Crippen molar-refractivity contribution in [1.29, 1.82) is 0 Å². The fraction of sp³-hybridized carbons (Fsp3) is 0.800. The van der Waals surface area contributed by atoms with E-state index >= 15 is 0 Å². The second-order valence-corrected chi connectivity index (χ2v) is 4.33. The molecule has 0 heterocycles. The number of nitrogens with one attached hydrogen (secondary N) is 2. The first kappa shape index (κ1) is 14.9. The number of amides is 2. The molecule has 0 saturated heterocycles. The highest BCUT2D eigenvalue weighted by Crippen LogP contribution is 2.05. The van der Waals surface area contributed by atoms with Crippen LogP contribution in [-0.2, 0) is 9.59 Å². The van der Waals surface area contributed by atoms with Crippen LogP contribution in [-0.4, -0.2) is 41.7 Å². The molecule has 6 nitrogen and oxygen atoms in total. The van der Waals surface area contributed by atoms with Gasteiger partial charge in [-0.15, -0.1) is 0 Å². The Hall–Kier alpha value is -1.14. The highest BCUT2D eigenvalue weighted by Gasteiger charge is 2.17. The molecule has 0 fully saturated rings. The zero-order valence-corrected chi connectivity index (χ0v) is 10.0.